The number of carbonyl (C=O) groups excluding carboxylic acids is 1. The van der Waals surface area contributed by atoms with Gasteiger partial charge in [0.05, 0.1) is 0 Å². The molecule has 0 bridgehead atoms. The summed E-state index contributed by atoms with van der Waals surface area (Å²) in [5.74, 6) is -1.26. The first-order valence-electron chi connectivity index (χ1n) is 8.93. The number of aromatic hydroxyl groups is 1. The third-order valence-electron chi connectivity index (χ3n) is 4.25. The van der Waals surface area contributed by atoms with Crippen molar-refractivity contribution >= 4 is 23.1 Å². The van der Waals surface area contributed by atoms with E-state index in [2.05, 4.69) is 25.7 Å². The molecule has 2 aromatic heterocycles. The molecule has 0 aliphatic carbocycles. The molecule has 1 aromatic carbocycles. The number of amides is 1. The van der Waals surface area contributed by atoms with Crippen molar-refractivity contribution in [2.45, 2.75) is 6.54 Å². The van der Waals surface area contributed by atoms with Crippen molar-refractivity contribution < 1.29 is 9.90 Å². The van der Waals surface area contributed by atoms with Gasteiger partial charge in [0.25, 0.3) is 17.0 Å². The minimum absolute atomic E-state index is 0.0106. The molecule has 0 fully saturated rings. The fourth-order valence-electron chi connectivity index (χ4n) is 2.67. The van der Waals surface area contributed by atoms with Gasteiger partial charge in [-0.15, -0.1) is 0 Å². The maximum absolute atomic E-state index is 12.6. The standard InChI is InChI=1S/C19H21N7O4/c1-25(2)18(29)14-15(27)16(22-10-21-14)23-12-13(19(30)26(3)24-17(12)28)20-9-11-7-5-4-6-8-11/h4-8,10,20,27H,9H2,1-3H3,(H,24,28)(H,21,22,23). The first kappa shape index (κ1) is 20.6. The van der Waals surface area contributed by atoms with Crippen molar-refractivity contribution in [3.63, 3.8) is 0 Å². The lowest BCUT2D eigenvalue weighted by Gasteiger charge is -2.15. The molecule has 0 spiro atoms. The van der Waals surface area contributed by atoms with Crippen molar-refractivity contribution in [1.29, 1.82) is 0 Å². The largest absolute Gasteiger partial charge is 0.503 e. The maximum atomic E-state index is 12.6. The molecule has 11 nitrogen and oxygen atoms in total. The molecule has 11 heteroatoms. The number of aromatic nitrogens is 4. The van der Waals surface area contributed by atoms with Crippen LogP contribution in [0.3, 0.4) is 0 Å². The normalized spacial score (nSPS) is 10.5. The number of H-pyrrole nitrogens is 1. The first-order chi connectivity index (χ1) is 14.3. The Kier molecular flexibility index (Phi) is 5.81. The predicted octanol–water partition coefficient (Wildman–Crippen LogP) is 0.627. The van der Waals surface area contributed by atoms with Crippen molar-refractivity contribution in [3.05, 3.63) is 68.6 Å². The molecule has 1 amide bonds. The summed E-state index contributed by atoms with van der Waals surface area (Å²) in [5.41, 5.74) is -0.613. The van der Waals surface area contributed by atoms with Crippen molar-refractivity contribution in [3.8, 4) is 5.75 Å². The SMILES string of the molecule is CN(C)C(=O)c1ncnc(Nc2c(NCc3ccccc3)c(=O)n(C)[nH]c2=O)c1O. The smallest absolute Gasteiger partial charge is 0.290 e. The van der Waals surface area contributed by atoms with E-state index in [0.29, 0.717) is 0 Å². The van der Waals surface area contributed by atoms with Crippen LogP contribution < -0.4 is 21.8 Å². The van der Waals surface area contributed by atoms with Crippen LogP contribution in [0.4, 0.5) is 17.2 Å². The topological polar surface area (TPSA) is 145 Å². The molecule has 4 N–H and O–H groups in total. The molecule has 0 aliphatic rings. The number of anilines is 3. The molecule has 3 rings (SSSR count). The third-order valence-corrected chi connectivity index (χ3v) is 4.25. The molecule has 0 aliphatic heterocycles. The fourth-order valence-corrected chi connectivity index (χ4v) is 2.67. The lowest BCUT2D eigenvalue weighted by molar-refractivity contribution is 0.0818. The van der Waals surface area contributed by atoms with Crippen molar-refractivity contribution in [1.82, 2.24) is 24.6 Å². The number of nitrogens with one attached hydrogen (secondary N) is 3. The number of aryl methyl sites for hydroxylation is 1. The highest BCUT2D eigenvalue weighted by molar-refractivity contribution is 5.96. The Morgan fingerprint density at radius 2 is 1.87 bits per heavy atom. The van der Waals surface area contributed by atoms with Gasteiger partial charge in [0.2, 0.25) is 0 Å². The lowest BCUT2D eigenvalue weighted by Crippen LogP contribution is -2.32. The zero-order valence-corrected chi connectivity index (χ0v) is 16.6. The number of nitrogens with zero attached hydrogens (tertiary/aromatic N) is 4. The van der Waals surface area contributed by atoms with E-state index in [1.54, 1.807) is 0 Å². The van der Waals surface area contributed by atoms with Crippen LogP contribution in [0.2, 0.25) is 0 Å². The van der Waals surface area contributed by atoms with Gasteiger partial charge in [-0.3, -0.25) is 24.2 Å². The quantitative estimate of drug-likeness (QED) is 0.462. The Balaban J connectivity index is 2.01. The molecule has 0 saturated heterocycles. The summed E-state index contributed by atoms with van der Waals surface area (Å²) in [6, 6.07) is 9.32. The highest BCUT2D eigenvalue weighted by atomic mass is 16.3. The van der Waals surface area contributed by atoms with Crippen LogP contribution in [0.1, 0.15) is 16.1 Å². The van der Waals surface area contributed by atoms with E-state index in [1.165, 1.54) is 26.0 Å². The van der Waals surface area contributed by atoms with Gasteiger partial charge < -0.3 is 20.6 Å². The van der Waals surface area contributed by atoms with Crippen molar-refractivity contribution in [2.75, 3.05) is 24.7 Å². The van der Waals surface area contributed by atoms with Gasteiger partial charge in [-0.1, -0.05) is 30.3 Å². The fraction of sp³-hybridized carbons (Fsp3) is 0.211. The number of rotatable bonds is 6. The Hall–Kier alpha value is -4.15. The van der Waals surface area contributed by atoms with E-state index in [0.717, 1.165) is 16.6 Å². The molecule has 3 aromatic rings. The molecular formula is C19H21N7O4. The van der Waals surface area contributed by atoms with Crippen LogP contribution in [-0.2, 0) is 13.6 Å². The van der Waals surface area contributed by atoms with Crippen molar-refractivity contribution in [2.24, 2.45) is 7.05 Å². The molecule has 156 valence electrons. The second kappa shape index (κ2) is 8.47. The monoisotopic (exact) mass is 411 g/mol. The van der Waals surface area contributed by atoms with Gasteiger partial charge in [0, 0.05) is 27.7 Å². The van der Waals surface area contributed by atoms with Crippen LogP contribution >= 0.6 is 0 Å². The summed E-state index contributed by atoms with van der Waals surface area (Å²) in [6.45, 7) is 0.286. The number of hydrogen-bond acceptors (Lipinski definition) is 8. The summed E-state index contributed by atoms with van der Waals surface area (Å²) in [6.07, 6.45) is 1.07. The maximum Gasteiger partial charge on any atom is 0.290 e. The molecule has 0 atom stereocenters. The van der Waals surface area contributed by atoms with E-state index >= 15 is 0 Å². The zero-order valence-electron chi connectivity index (χ0n) is 16.6. The van der Waals surface area contributed by atoms with Gasteiger partial charge in [0.15, 0.2) is 17.3 Å². The molecule has 0 radical (unpaired) electrons. The molecule has 2 heterocycles. The summed E-state index contributed by atoms with van der Waals surface area (Å²) in [5, 5.41) is 18.4. The molecular weight excluding hydrogens is 390 g/mol. The number of aromatic amines is 1. The minimum atomic E-state index is -0.619. The van der Waals surface area contributed by atoms with E-state index in [1.807, 2.05) is 30.3 Å². The van der Waals surface area contributed by atoms with E-state index in [-0.39, 0.29) is 29.4 Å². The summed E-state index contributed by atoms with van der Waals surface area (Å²) >= 11 is 0. The summed E-state index contributed by atoms with van der Waals surface area (Å²) < 4.78 is 1.04. The van der Waals surface area contributed by atoms with Crippen LogP contribution in [0.15, 0.2) is 46.2 Å². The Labute approximate surface area is 171 Å². The second-order valence-corrected chi connectivity index (χ2v) is 6.64. The average molecular weight is 411 g/mol. The van der Waals surface area contributed by atoms with E-state index in [4.69, 9.17) is 0 Å². The van der Waals surface area contributed by atoms with E-state index in [9.17, 15) is 19.5 Å². The predicted molar refractivity (Wildman–Crippen MR) is 111 cm³/mol. The van der Waals surface area contributed by atoms with Gasteiger partial charge in [0.1, 0.15) is 17.7 Å². The molecule has 30 heavy (non-hydrogen) atoms. The summed E-state index contributed by atoms with van der Waals surface area (Å²) in [4.78, 5) is 46.3. The molecule has 0 unspecified atom stereocenters. The lowest BCUT2D eigenvalue weighted by atomic mass is 10.2. The van der Waals surface area contributed by atoms with Crippen LogP contribution in [0.5, 0.6) is 5.75 Å². The number of carbonyl (C=O) groups is 1. The third kappa shape index (κ3) is 4.14. The average Bonchev–Trinajstić information content (AvgIpc) is 2.73. The Morgan fingerprint density at radius 1 is 1.17 bits per heavy atom. The van der Waals surface area contributed by atoms with Gasteiger partial charge in [-0.2, -0.15) is 0 Å². The second-order valence-electron chi connectivity index (χ2n) is 6.64. The minimum Gasteiger partial charge on any atom is -0.503 e. The first-order valence-corrected chi connectivity index (χ1v) is 8.93. The summed E-state index contributed by atoms with van der Waals surface area (Å²) in [7, 11) is 4.43. The van der Waals surface area contributed by atoms with Gasteiger partial charge >= 0.3 is 0 Å². The highest BCUT2D eigenvalue weighted by Gasteiger charge is 2.21. The highest BCUT2D eigenvalue weighted by Crippen LogP contribution is 2.27. The van der Waals surface area contributed by atoms with E-state index < -0.39 is 22.8 Å². The number of benzene rings is 1. The molecule has 0 saturated carbocycles. The van der Waals surface area contributed by atoms with Gasteiger partial charge in [-0.25, -0.2) is 9.97 Å². The Bertz CT molecular complexity index is 1190. The number of hydrogen-bond donors (Lipinski definition) is 4. The van der Waals surface area contributed by atoms with Crippen LogP contribution in [-0.4, -0.2) is 49.8 Å². The van der Waals surface area contributed by atoms with Crippen LogP contribution in [0, 0.1) is 0 Å². The zero-order chi connectivity index (χ0) is 21.8. The van der Waals surface area contributed by atoms with Crippen LogP contribution in [0.25, 0.3) is 0 Å². The van der Waals surface area contributed by atoms with Gasteiger partial charge in [-0.05, 0) is 5.56 Å². The Morgan fingerprint density at radius 3 is 2.53 bits per heavy atom.